The molecule has 0 rings (SSSR count). The summed E-state index contributed by atoms with van der Waals surface area (Å²) in [6.45, 7) is 12.7. The molecule has 0 amide bonds. The van der Waals surface area contributed by atoms with Crippen molar-refractivity contribution in [2.75, 3.05) is 0 Å². The molecule has 0 aliphatic carbocycles. The van der Waals surface area contributed by atoms with E-state index in [1.165, 1.54) is 24.8 Å². The molecule has 12 heavy (non-hydrogen) atoms. The number of hydrogen-bond acceptors (Lipinski definition) is 1. The second-order valence-electron chi connectivity index (χ2n) is 3.86. The third-order valence-corrected chi connectivity index (χ3v) is 1.98. The van der Waals surface area contributed by atoms with Crippen molar-refractivity contribution in [3.8, 4) is 0 Å². The Kier molecular flexibility index (Phi) is 6.09. The Bertz CT molecular complexity index is 127. The second kappa shape index (κ2) is 6.24. The smallest absolute Gasteiger partial charge is 0.0276 e. The molecule has 0 aromatic rings. The molecule has 72 valence electrons. The van der Waals surface area contributed by atoms with Crippen LogP contribution in [0.4, 0.5) is 0 Å². The number of rotatable bonds is 6. The Labute approximate surface area is 77.2 Å². The highest BCUT2D eigenvalue weighted by atomic mass is 14.9. The average molecular weight is 169 g/mol. The van der Waals surface area contributed by atoms with Gasteiger partial charge in [-0.15, -0.1) is 0 Å². The zero-order valence-corrected chi connectivity index (χ0v) is 8.98. The molecule has 0 aliphatic rings. The van der Waals surface area contributed by atoms with Gasteiger partial charge in [0.05, 0.1) is 0 Å². The van der Waals surface area contributed by atoms with E-state index in [-0.39, 0.29) is 0 Å². The Hall–Kier alpha value is -0.300. The minimum atomic E-state index is 0.518. The Morgan fingerprint density at radius 2 is 2.00 bits per heavy atom. The van der Waals surface area contributed by atoms with Crippen molar-refractivity contribution in [3.63, 3.8) is 0 Å². The summed E-state index contributed by atoms with van der Waals surface area (Å²) in [5.41, 5.74) is 1.26. The summed E-state index contributed by atoms with van der Waals surface area (Å²) in [4.78, 5) is 0. The van der Waals surface area contributed by atoms with Gasteiger partial charge >= 0.3 is 0 Å². The van der Waals surface area contributed by atoms with Crippen LogP contribution in [0.2, 0.25) is 0 Å². The van der Waals surface area contributed by atoms with Gasteiger partial charge in [-0.3, -0.25) is 0 Å². The van der Waals surface area contributed by atoms with Gasteiger partial charge in [-0.05, 0) is 13.3 Å². The lowest BCUT2D eigenvalue weighted by Gasteiger charge is -2.21. The van der Waals surface area contributed by atoms with Crippen LogP contribution in [-0.4, -0.2) is 12.1 Å². The summed E-state index contributed by atoms with van der Waals surface area (Å²) >= 11 is 0. The highest BCUT2D eigenvalue weighted by Crippen LogP contribution is 2.08. The van der Waals surface area contributed by atoms with Crippen molar-refractivity contribution >= 4 is 0 Å². The molecule has 0 saturated carbocycles. The summed E-state index contributed by atoms with van der Waals surface area (Å²) in [6, 6.07) is 1.08. The molecule has 0 radical (unpaired) electrons. The summed E-state index contributed by atoms with van der Waals surface area (Å²) in [7, 11) is 0. The van der Waals surface area contributed by atoms with Crippen molar-refractivity contribution in [2.45, 2.75) is 59.0 Å². The lowest BCUT2D eigenvalue weighted by Crippen LogP contribution is -2.35. The Morgan fingerprint density at radius 3 is 2.33 bits per heavy atom. The summed E-state index contributed by atoms with van der Waals surface area (Å²) in [5.74, 6) is 0. The van der Waals surface area contributed by atoms with Crippen LogP contribution in [0, 0.1) is 0 Å². The van der Waals surface area contributed by atoms with Crippen LogP contribution in [0.15, 0.2) is 12.2 Å². The van der Waals surface area contributed by atoms with Gasteiger partial charge in [-0.2, -0.15) is 0 Å². The third kappa shape index (κ3) is 5.36. The average Bonchev–Trinajstić information content (AvgIpc) is 1.96. The molecule has 1 nitrogen and oxygen atoms in total. The molecular formula is C11H23N. The molecular weight excluding hydrogens is 146 g/mol. The molecule has 0 fully saturated rings. The summed E-state index contributed by atoms with van der Waals surface area (Å²) in [6.07, 6.45) is 3.78. The fourth-order valence-electron chi connectivity index (χ4n) is 1.28. The first-order valence-corrected chi connectivity index (χ1v) is 4.99. The highest BCUT2D eigenvalue weighted by Gasteiger charge is 2.08. The topological polar surface area (TPSA) is 12.0 Å². The summed E-state index contributed by atoms with van der Waals surface area (Å²) < 4.78 is 0. The number of nitrogens with one attached hydrogen (secondary N) is 1. The zero-order valence-electron chi connectivity index (χ0n) is 8.98. The fraction of sp³-hybridized carbons (Fsp3) is 0.818. The third-order valence-electron chi connectivity index (χ3n) is 1.98. The summed E-state index contributed by atoms with van der Waals surface area (Å²) in [5, 5.41) is 3.51. The van der Waals surface area contributed by atoms with Crippen LogP contribution in [0.1, 0.15) is 47.0 Å². The van der Waals surface area contributed by atoms with Gasteiger partial charge in [0.2, 0.25) is 0 Å². The highest BCUT2D eigenvalue weighted by molar-refractivity contribution is 5.01. The Balaban J connectivity index is 3.78. The van der Waals surface area contributed by atoms with Gasteiger partial charge in [0, 0.05) is 12.1 Å². The first-order chi connectivity index (χ1) is 5.57. The molecule has 1 N–H and O–H groups in total. The molecule has 0 aromatic heterocycles. The van der Waals surface area contributed by atoms with Crippen LogP contribution in [0.25, 0.3) is 0 Å². The van der Waals surface area contributed by atoms with Gasteiger partial charge in [0.1, 0.15) is 0 Å². The van der Waals surface area contributed by atoms with Crippen molar-refractivity contribution in [2.24, 2.45) is 0 Å². The molecule has 0 aliphatic heterocycles. The molecule has 0 saturated heterocycles. The SMILES string of the molecule is C=C(C)C(CCCC)NC(C)C. The normalized spacial score (nSPS) is 13.4. The van der Waals surface area contributed by atoms with E-state index in [9.17, 15) is 0 Å². The van der Waals surface area contributed by atoms with Crippen LogP contribution in [0.3, 0.4) is 0 Å². The van der Waals surface area contributed by atoms with Crippen molar-refractivity contribution in [3.05, 3.63) is 12.2 Å². The van der Waals surface area contributed by atoms with Crippen LogP contribution < -0.4 is 5.32 Å². The maximum atomic E-state index is 4.00. The zero-order chi connectivity index (χ0) is 9.56. The van der Waals surface area contributed by atoms with Crippen molar-refractivity contribution in [1.82, 2.24) is 5.32 Å². The minimum Gasteiger partial charge on any atom is -0.308 e. The van der Waals surface area contributed by atoms with E-state index in [2.05, 4.69) is 39.6 Å². The lowest BCUT2D eigenvalue weighted by molar-refractivity contribution is 0.469. The molecule has 1 unspecified atom stereocenters. The number of unbranched alkanes of at least 4 members (excludes halogenated alkanes) is 1. The van der Waals surface area contributed by atoms with Gasteiger partial charge < -0.3 is 5.32 Å². The molecule has 1 atom stereocenters. The van der Waals surface area contributed by atoms with E-state index >= 15 is 0 Å². The van der Waals surface area contributed by atoms with E-state index in [1.807, 2.05) is 0 Å². The van der Waals surface area contributed by atoms with Gasteiger partial charge in [-0.25, -0.2) is 0 Å². The standard InChI is InChI=1S/C11H23N/c1-6-7-8-11(9(2)3)12-10(4)5/h10-12H,2,6-8H2,1,3-5H3. The van der Waals surface area contributed by atoms with Crippen molar-refractivity contribution < 1.29 is 0 Å². The van der Waals surface area contributed by atoms with Gasteiger partial charge in [0.25, 0.3) is 0 Å². The van der Waals surface area contributed by atoms with Crippen LogP contribution in [0.5, 0.6) is 0 Å². The van der Waals surface area contributed by atoms with Crippen molar-refractivity contribution in [1.29, 1.82) is 0 Å². The van der Waals surface area contributed by atoms with Gasteiger partial charge in [0.15, 0.2) is 0 Å². The predicted molar refractivity (Wildman–Crippen MR) is 56.4 cm³/mol. The maximum Gasteiger partial charge on any atom is 0.0276 e. The fourth-order valence-corrected chi connectivity index (χ4v) is 1.28. The first kappa shape index (κ1) is 11.7. The van der Waals surface area contributed by atoms with E-state index in [1.54, 1.807) is 0 Å². The molecule has 0 spiro atoms. The maximum absolute atomic E-state index is 4.00. The minimum absolute atomic E-state index is 0.518. The van der Waals surface area contributed by atoms with Crippen LogP contribution in [-0.2, 0) is 0 Å². The first-order valence-electron chi connectivity index (χ1n) is 4.99. The largest absolute Gasteiger partial charge is 0.308 e. The molecule has 0 heterocycles. The lowest BCUT2D eigenvalue weighted by atomic mass is 10.0. The predicted octanol–water partition coefficient (Wildman–Crippen LogP) is 3.12. The number of hydrogen-bond donors (Lipinski definition) is 1. The molecule has 0 aromatic carbocycles. The molecule has 0 bridgehead atoms. The van der Waals surface area contributed by atoms with E-state index < -0.39 is 0 Å². The Morgan fingerprint density at radius 1 is 1.42 bits per heavy atom. The van der Waals surface area contributed by atoms with E-state index in [0.29, 0.717) is 12.1 Å². The van der Waals surface area contributed by atoms with E-state index in [0.717, 1.165) is 0 Å². The quantitative estimate of drug-likeness (QED) is 0.602. The second-order valence-corrected chi connectivity index (χ2v) is 3.86. The van der Waals surface area contributed by atoms with Gasteiger partial charge in [-0.1, -0.05) is 45.8 Å². The monoisotopic (exact) mass is 169 g/mol. The van der Waals surface area contributed by atoms with Crippen LogP contribution >= 0.6 is 0 Å². The van der Waals surface area contributed by atoms with E-state index in [4.69, 9.17) is 0 Å². The molecule has 1 heteroatoms.